The fourth-order valence-corrected chi connectivity index (χ4v) is 3.32. The molecule has 4 aromatic rings. The van der Waals surface area contributed by atoms with Crippen molar-refractivity contribution in [1.29, 1.82) is 0 Å². The number of ether oxygens (including phenoxy) is 2. The Hall–Kier alpha value is -3.85. The van der Waals surface area contributed by atoms with Crippen LogP contribution in [-0.4, -0.2) is 40.6 Å². The normalized spacial score (nSPS) is 11.5. The van der Waals surface area contributed by atoms with Gasteiger partial charge in [-0.05, 0) is 43.3 Å². The summed E-state index contributed by atoms with van der Waals surface area (Å²) >= 11 is 0. The highest BCUT2D eigenvalue weighted by atomic mass is 16.5. The maximum Gasteiger partial charge on any atom is 0.324 e. The molecular weight excluding hydrogens is 434 g/mol. The van der Waals surface area contributed by atoms with Crippen molar-refractivity contribution in [3.05, 3.63) is 60.6 Å². The van der Waals surface area contributed by atoms with E-state index in [1.54, 1.807) is 12.4 Å². The number of carbonyl (C=O) groups is 1. The molecule has 0 aliphatic carbocycles. The van der Waals surface area contributed by atoms with Crippen molar-refractivity contribution in [1.82, 2.24) is 14.7 Å². The van der Waals surface area contributed by atoms with Crippen molar-refractivity contribution in [2.45, 2.75) is 33.1 Å². The highest BCUT2D eigenvalue weighted by Crippen LogP contribution is 2.25. The van der Waals surface area contributed by atoms with E-state index in [9.17, 15) is 4.79 Å². The molecular formula is C25H29N5O4. The summed E-state index contributed by atoms with van der Waals surface area (Å²) in [5, 5.41) is 9.39. The minimum atomic E-state index is -0.397. The first-order valence-electron chi connectivity index (χ1n) is 11.2. The van der Waals surface area contributed by atoms with Crippen LogP contribution < -0.4 is 15.4 Å². The molecule has 0 bridgehead atoms. The van der Waals surface area contributed by atoms with Crippen LogP contribution in [0.4, 0.5) is 16.3 Å². The minimum Gasteiger partial charge on any atom is -0.491 e. The van der Waals surface area contributed by atoms with Gasteiger partial charge in [-0.15, -0.1) is 0 Å². The Morgan fingerprint density at radius 2 is 1.85 bits per heavy atom. The maximum atomic E-state index is 12.3. The highest BCUT2D eigenvalue weighted by Gasteiger charge is 2.20. The number of benzene rings is 2. The molecule has 34 heavy (non-hydrogen) atoms. The molecule has 0 radical (unpaired) electrons. The number of hydrogen-bond acceptors (Lipinski definition) is 6. The number of anilines is 2. The number of hydrogen-bond donors (Lipinski definition) is 2. The van der Waals surface area contributed by atoms with E-state index in [-0.39, 0.29) is 5.41 Å². The fraction of sp³-hybridized carbons (Fsp3) is 0.320. The van der Waals surface area contributed by atoms with Crippen LogP contribution in [0, 0.1) is 0 Å². The third-order valence-corrected chi connectivity index (χ3v) is 5.11. The van der Waals surface area contributed by atoms with Gasteiger partial charge in [-0.1, -0.05) is 25.9 Å². The minimum absolute atomic E-state index is 0.186. The van der Waals surface area contributed by atoms with E-state index in [0.717, 1.165) is 22.5 Å². The van der Waals surface area contributed by atoms with Crippen molar-refractivity contribution in [2.24, 2.45) is 0 Å². The molecule has 2 N–H and O–H groups in total. The molecule has 0 spiro atoms. The molecule has 0 atom stereocenters. The Bertz CT molecular complexity index is 1250. The fourth-order valence-electron chi connectivity index (χ4n) is 3.32. The quantitative estimate of drug-likeness (QED) is 0.341. The molecule has 9 nitrogen and oxygen atoms in total. The Kier molecular flexibility index (Phi) is 6.83. The van der Waals surface area contributed by atoms with Crippen LogP contribution in [0.3, 0.4) is 0 Å². The summed E-state index contributed by atoms with van der Waals surface area (Å²) in [6, 6.07) is 14.6. The molecule has 0 fully saturated rings. The summed E-state index contributed by atoms with van der Waals surface area (Å²) in [5.74, 6) is 1.82. The molecule has 2 amide bonds. The summed E-state index contributed by atoms with van der Waals surface area (Å²) in [5.41, 5.74) is 3.17. The van der Waals surface area contributed by atoms with E-state index >= 15 is 0 Å². The van der Waals surface area contributed by atoms with Crippen LogP contribution in [-0.2, 0) is 10.2 Å². The summed E-state index contributed by atoms with van der Waals surface area (Å²) in [6.45, 7) is 9.72. The third kappa shape index (κ3) is 5.55. The van der Waals surface area contributed by atoms with Gasteiger partial charge >= 0.3 is 6.03 Å². The number of nitrogens with one attached hydrogen (secondary N) is 2. The SMILES string of the molecule is CCOCCOc1ccc2c(c1)ncn2-c1ccc(NC(=O)Nc2cc(C(C)(C)C)on2)cc1. The first-order chi connectivity index (χ1) is 16.3. The molecule has 0 saturated heterocycles. The van der Waals surface area contributed by atoms with Crippen LogP contribution in [0.25, 0.3) is 16.7 Å². The Morgan fingerprint density at radius 1 is 1.06 bits per heavy atom. The van der Waals surface area contributed by atoms with Crippen molar-refractivity contribution >= 4 is 28.6 Å². The predicted molar refractivity (Wildman–Crippen MR) is 131 cm³/mol. The first-order valence-corrected chi connectivity index (χ1v) is 11.2. The number of carbonyl (C=O) groups excluding carboxylic acids is 1. The monoisotopic (exact) mass is 463 g/mol. The van der Waals surface area contributed by atoms with E-state index in [1.807, 2.05) is 74.7 Å². The zero-order valence-electron chi connectivity index (χ0n) is 19.8. The maximum absolute atomic E-state index is 12.3. The van der Waals surface area contributed by atoms with E-state index in [4.69, 9.17) is 14.0 Å². The van der Waals surface area contributed by atoms with Gasteiger partial charge in [0.25, 0.3) is 0 Å². The molecule has 0 aliphatic heterocycles. The van der Waals surface area contributed by atoms with Gasteiger partial charge in [0.1, 0.15) is 24.4 Å². The molecule has 178 valence electrons. The van der Waals surface area contributed by atoms with Crippen molar-refractivity contribution in [3.63, 3.8) is 0 Å². The Morgan fingerprint density at radius 3 is 2.56 bits per heavy atom. The lowest BCUT2D eigenvalue weighted by atomic mass is 9.93. The van der Waals surface area contributed by atoms with Crippen LogP contribution in [0.2, 0.25) is 0 Å². The zero-order chi connectivity index (χ0) is 24.1. The number of rotatable bonds is 8. The van der Waals surface area contributed by atoms with Crippen LogP contribution in [0.15, 0.2) is 59.4 Å². The number of aromatic nitrogens is 3. The lowest BCUT2D eigenvalue weighted by molar-refractivity contribution is 0.110. The topological polar surface area (TPSA) is 103 Å². The van der Waals surface area contributed by atoms with Gasteiger partial charge in [0.2, 0.25) is 0 Å². The molecule has 4 rings (SSSR count). The van der Waals surface area contributed by atoms with Gasteiger partial charge in [-0.2, -0.15) is 0 Å². The smallest absolute Gasteiger partial charge is 0.324 e. The number of nitrogens with zero attached hydrogens (tertiary/aromatic N) is 3. The standard InChI is InChI=1S/C25H29N5O4/c1-5-32-12-13-33-19-10-11-21-20(14-19)26-16-30(21)18-8-6-17(7-9-18)27-24(31)28-23-15-22(34-29-23)25(2,3)4/h6-11,14-16H,5,12-13H2,1-4H3,(H2,27,28,29,31). The Balaban J connectivity index is 1.39. The van der Waals surface area contributed by atoms with Crippen LogP contribution in [0.1, 0.15) is 33.5 Å². The molecule has 0 unspecified atom stereocenters. The number of fused-ring (bicyclic) bond motifs is 1. The van der Waals surface area contributed by atoms with Crippen LogP contribution in [0.5, 0.6) is 5.75 Å². The van der Waals surface area contributed by atoms with Crippen molar-refractivity contribution in [2.75, 3.05) is 30.5 Å². The van der Waals surface area contributed by atoms with Gasteiger partial charge in [0, 0.05) is 35.5 Å². The van der Waals surface area contributed by atoms with Gasteiger partial charge < -0.3 is 19.3 Å². The highest BCUT2D eigenvalue weighted by molar-refractivity contribution is 5.99. The van der Waals surface area contributed by atoms with Crippen molar-refractivity contribution in [3.8, 4) is 11.4 Å². The third-order valence-electron chi connectivity index (χ3n) is 5.11. The summed E-state index contributed by atoms with van der Waals surface area (Å²) in [6.07, 6.45) is 1.77. The molecule has 2 aromatic heterocycles. The molecule has 0 saturated carbocycles. The predicted octanol–water partition coefficient (Wildman–Crippen LogP) is 5.37. The first kappa shape index (κ1) is 23.3. The number of imidazole rings is 1. The van der Waals surface area contributed by atoms with E-state index < -0.39 is 6.03 Å². The molecule has 0 aliphatic rings. The van der Waals surface area contributed by atoms with Gasteiger partial charge in [-0.3, -0.25) is 9.88 Å². The molecule has 2 heterocycles. The lowest BCUT2D eigenvalue weighted by Gasteiger charge is -2.12. The largest absolute Gasteiger partial charge is 0.491 e. The average Bonchev–Trinajstić information content (AvgIpc) is 3.44. The van der Waals surface area contributed by atoms with Crippen LogP contribution >= 0.6 is 0 Å². The average molecular weight is 464 g/mol. The molecule has 2 aromatic carbocycles. The summed E-state index contributed by atoms with van der Waals surface area (Å²) in [4.78, 5) is 16.8. The van der Waals surface area contributed by atoms with E-state index in [2.05, 4.69) is 20.8 Å². The number of amides is 2. The van der Waals surface area contributed by atoms with Gasteiger partial charge in [0.15, 0.2) is 5.82 Å². The number of urea groups is 1. The summed E-state index contributed by atoms with van der Waals surface area (Å²) in [7, 11) is 0. The second-order valence-corrected chi connectivity index (χ2v) is 8.76. The van der Waals surface area contributed by atoms with E-state index in [1.165, 1.54) is 0 Å². The van der Waals surface area contributed by atoms with E-state index in [0.29, 0.717) is 37.1 Å². The van der Waals surface area contributed by atoms with Crippen molar-refractivity contribution < 1.29 is 18.8 Å². The Labute approximate surface area is 198 Å². The van der Waals surface area contributed by atoms with Gasteiger partial charge in [-0.25, -0.2) is 9.78 Å². The second kappa shape index (κ2) is 9.96. The summed E-state index contributed by atoms with van der Waals surface area (Å²) < 4.78 is 18.3. The zero-order valence-corrected chi connectivity index (χ0v) is 19.8. The second-order valence-electron chi connectivity index (χ2n) is 8.76. The molecule has 9 heteroatoms. The lowest BCUT2D eigenvalue weighted by Crippen LogP contribution is -2.19. The van der Waals surface area contributed by atoms with Gasteiger partial charge in [0.05, 0.1) is 17.6 Å².